The highest BCUT2D eigenvalue weighted by molar-refractivity contribution is 6.03. The van der Waals surface area contributed by atoms with Crippen LogP contribution in [0.5, 0.6) is 0 Å². The Morgan fingerprint density at radius 2 is 2.09 bits per heavy atom. The van der Waals surface area contributed by atoms with Crippen LogP contribution in [-0.2, 0) is 19.2 Å². The van der Waals surface area contributed by atoms with Crippen LogP contribution >= 0.6 is 0 Å². The molecule has 4 N–H and O–H groups in total. The first-order valence-corrected chi connectivity index (χ1v) is 7.21. The third-order valence-electron chi connectivity index (χ3n) is 4.72. The maximum Gasteiger partial charge on any atom is 0.251 e. The van der Waals surface area contributed by atoms with Crippen molar-refractivity contribution in [3.8, 4) is 0 Å². The Bertz CT molecular complexity index is 547. The first kappa shape index (κ1) is 16.4. The van der Waals surface area contributed by atoms with E-state index in [1.807, 2.05) is 0 Å². The second-order valence-corrected chi connectivity index (χ2v) is 6.28. The highest BCUT2D eigenvalue weighted by atomic mass is 16.3. The summed E-state index contributed by atoms with van der Waals surface area (Å²) in [6.07, 6.45) is -1.02. The molecule has 0 saturated carbocycles. The van der Waals surface area contributed by atoms with Gasteiger partial charge in [0.1, 0.15) is 17.4 Å². The van der Waals surface area contributed by atoms with Crippen LogP contribution in [0.15, 0.2) is 0 Å². The van der Waals surface area contributed by atoms with Crippen LogP contribution in [0.3, 0.4) is 0 Å². The number of primary amides is 1. The van der Waals surface area contributed by atoms with Gasteiger partial charge in [0.25, 0.3) is 5.91 Å². The quantitative estimate of drug-likeness (QED) is 0.514. The van der Waals surface area contributed by atoms with Crippen molar-refractivity contribution < 1.29 is 24.3 Å². The van der Waals surface area contributed by atoms with Gasteiger partial charge in [-0.3, -0.25) is 14.4 Å². The SMILES string of the molecule is CC(=O)CC1C(=O)NC2(CN([C@H](C(N)=O)[C@@H](C)O)C2=O)C1C. The predicted octanol–water partition coefficient (Wildman–Crippen LogP) is -1.84. The van der Waals surface area contributed by atoms with E-state index in [-0.39, 0.29) is 30.6 Å². The molecule has 2 aliphatic rings. The molecular formula is C14H21N3O5. The lowest BCUT2D eigenvalue weighted by atomic mass is 9.73. The molecule has 22 heavy (non-hydrogen) atoms. The van der Waals surface area contributed by atoms with Gasteiger partial charge in [0, 0.05) is 12.3 Å². The molecule has 0 aromatic heterocycles. The topological polar surface area (TPSA) is 130 Å². The summed E-state index contributed by atoms with van der Waals surface area (Å²) >= 11 is 0. The van der Waals surface area contributed by atoms with Crippen molar-refractivity contribution in [2.45, 2.75) is 44.9 Å². The Labute approximate surface area is 128 Å². The number of rotatable bonds is 5. The predicted molar refractivity (Wildman–Crippen MR) is 75.2 cm³/mol. The Morgan fingerprint density at radius 1 is 1.50 bits per heavy atom. The zero-order valence-electron chi connectivity index (χ0n) is 12.8. The van der Waals surface area contributed by atoms with Gasteiger partial charge < -0.3 is 25.9 Å². The molecule has 0 bridgehead atoms. The molecule has 3 unspecified atom stereocenters. The number of hydrogen-bond donors (Lipinski definition) is 3. The van der Waals surface area contributed by atoms with Crippen LogP contribution < -0.4 is 11.1 Å². The van der Waals surface area contributed by atoms with Crippen molar-refractivity contribution in [2.75, 3.05) is 6.54 Å². The van der Waals surface area contributed by atoms with Crippen LogP contribution in [0, 0.1) is 11.8 Å². The lowest BCUT2D eigenvalue weighted by molar-refractivity contribution is -0.166. The molecule has 2 heterocycles. The number of carbonyl (C=O) groups excluding carboxylic acids is 4. The minimum atomic E-state index is -1.12. The minimum absolute atomic E-state index is 0.0810. The highest BCUT2D eigenvalue weighted by Gasteiger charge is 2.65. The highest BCUT2D eigenvalue weighted by Crippen LogP contribution is 2.42. The first-order valence-electron chi connectivity index (χ1n) is 7.21. The summed E-state index contributed by atoms with van der Waals surface area (Å²) in [5.74, 6) is -2.60. The van der Waals surface area contributed by atoms with E-state index in [1.54, 1.807) is 6.92 Å². The number of aliphatic hydroxyl groups is 1. The zero-order valence-corrected chi connectivity index (χ0v) is 12.8. The smallest absolute Gasteiger partial charge is 0.251 e. The maximum atomic E-state index is 12.5. The summed E-state index contributed by atoms with van der Waals surface area (Å²) in [5.41, 5.74) is 4.13. The summed E-state index contributed by atoms with van der Waals surface area (Å²) in [5, 5.41) is 12.3. The van der Waals surface area contributed by atoms with Crippen LogP contribution in [0.4, 0.5) is 0 Å². The molecular weight excluding hydrogens is 290 g/mol. The summed E-state index contributed by atoms with van der Waals surface area (Å²) in [6.45, 7) is 4.62. The molecule has 2 rings (SSSR count). The number of aliphatic hydroxyl groups excluding tert-OH is 1. The van der Waals surface area contributed by atoms with Gasteiger partial charge in [0.2, 0.25) is 11.8 Å². The fourth-order valence-corrected chi connectivity index (χ4v) is 3.46. The largest absolute Gasteiger partial charge is 0.391 e. The molecule has 5 atom stereocenters. The average molecular weight is 311 g/mol. The number of Topliss-reactive ketones (excluding diaryl/α,β-unsaturated/α-hetero) is 1. The van der Waals surface area contributed by atoms with Gasteiger partial charge in [-0.15, -0.1) is 0 Å². The van der Waals surface area contributed by atoms with Crippen molar-refractivity contribution in [1.29, 1.82) is 0 Å². The van der Waals surface area contributed by atoms with E-state index in [1.165, 1.54) is 18.7 Å². The number of nitrogens with zero attached hydrogens (tertiary/aromatic N) is 1. The molecule has 8 heteroatoms. The van der Waals surface area contributed by atoms with Crippen LogP contribution in [0.25, 0.3) is 0 Å². The van der Waals surface area contributed by atoms with Gasteiger partial charge in [-0.1, -0.05) is 6.92 Å². The summed E-state index contributed by atoms with van der Waals surface area (Å²) < 4.78 is 0. The van der Waals surface area contributed by atoms with Crippen LogP contribution in [0.1, 0.15) is 27.2 Å². The van der Waals surface area contributed by atoms with E-state index < -0.39 is 35.4 Å². The second-order valence-electron chi connectivity index (χ2n) is 6.28. The summed E-state index contributed by atoms with van der Waals surface area (Å²) in [7, 11) is 0. The second kappa shape index (κ2) is 5.35. The molecule has 8 nitrogen and oxygen atoms in total. The van der Waals surface area contributed by atoms with Crippen molar-refractivity contribution >= 4 is 23.5 Å². The molecule has 1 spiro atoms. The van der Waals surface area contributed by atoms with Crippen molar-refractivity contribution in [3.63, 3.8) is 0 Å². The molecule has 122 valence electrons. The Morgan fingerprint density at radius 3 is 2.50 bits per heavy atom. The Kier molecular flexibility index (Phi) is 3.99. The van der Waals surface area contributed by atoms with Gasteiger partial charge >= 0.3 is 0 Å². The van der Waals surface area contributed by atoms with Gasteiger partial charge in [0.05, 0.1) is 18.6 Å². The van der Waals surface area contributed by atoms with Gasteiger partial charge in [-0.2, -0.15) is 0 Å². The standard InChI is InChI=1S/C14H21N3O5/c1-6(18)4-9-7(2)14(16-12(9)21)5-17(13(14)22)10(8(3)19)11(15)20/h7-10,19H,4-5H2,1-3H3,(H2,15,20)(H,16,21)/t7?,8-,9?,10+,14?/m1/s1. The first-order chi connectivity index (χ1) is 10.1. The fraction of sp³-hybridized carbons (Fsp3) is 0.714. The molecule has 2 saturated heterocycles. The zero-order chi connectivity index (χ0) is 16.8. The van der Waals surface area contributed by atoms with Crippen molar-refractivity contribution in [3.05, 3.63) is 0 Å². The van der Waals surface area contributed by atoms with Gasteiger partial charge in [-0.25, -0.2) is 0 Å². The van der Waals surface area contributed by atoms with Gasteiger partial charge in [-0.05, 0) is 13.8 Å². The van der Waals surface area contributed by atoms with E-state index in [4.69, 9.17) is 5.73 Å². The lowest BCUT2D eigenvalue weighted by Crippen LogP contribution is -2.78. The number of β-lactam (4-membered cyclic amide) rings is 1. The fourth-order valence-electron chi connectivity index (χ4n) is 3.46. The normalized spacial score (nSPS) is 33.4. The summed E-state index contributed by atoms with van der Waals surface area (Å²) in [6, 6.07) is -1.12. The number of ketones is 1. The van der Waals surface area contributed by atoms with Crippen LogP contribution in [-0.4, -0.2) is 57.7 Å². The third kappa shape index (κ3) is 2.27. The van der Waals surface area contributed by atoms with Crippen molar-refractivity contribution in [2.24, 2.45) is 17.6 Å². The molecule has 2 aliphatic heterocycles. The molecule has 0 aromatic rings. The van der Waals surface area contributed by atoms with E-state index in [9.17, 15) is 24.3 Å². The van der Waals surface area contributed by atoms with E-state index >= 15 is 0 Å². The number of likely N-dealkylation sites (tertiary alicyclic amines) is 1. The molecule has 3 amide bonds. The van der Waals surface area contributed by atoms with E-state index in [0.29, 0.717) is 0 Å². The number of amides is 3. The number of nitrogens with two attached hydrogens (primary N) is 1. The molecule has 0 radical (unpaired) electrons. The lowest BCUT2D eigenvalue weighted by Gasteiger charge is -2.51. The average Bonchev–Trinajstić information content (AvgIpc) is 2.63. The Hall–Kier alpha value is -1.96. The van der Waals surface area contributed by atoms with E-state index in [0.717, 1.165) is 0 Å². The minimum Gasteiger partial charge on any atom is -0.391 e. The Balaban J connectivity index is 2.19. The third-order valence-corrected chi connectivity index (χ3v) is 4.72. The van der Waals surface area contributed by atoms with Crippen LogP contribution in [0.2, 0.25) is 0 Å². The maximum absolute atomic E-state index is 12.5. The van der Waals surface area contributed by atoms with Gasteiger partial charge in [0.15, 0.2) is 0 Å². The number of nitrogens with one attached hydrogen (secondary N) is 1. The molecule has 2 fully saturated rings. The number of hydrogen-bond acceptors (Lipinski definition) is 5. The molecule has 0 aliphatic carbocycles. The summed E-state index contributed by atoms with van der Waals surface area (Å²) in [4.78, 5) is 48.4. The molecule has 0 aromatic carbocycles. The monoisotopic (exact) mass is 311 g/mol. The van der Waals surface area contributed by atoms with Crippen molar-refractivity contribution in [1.82, 2.24) is 10.2 Å². The number of carbonyl (C=O) groups is 4. The van der Waals surface area contributed by atoms with E-state index in [2.05, 4.69) is 5.32 Å².